The molecule has 2 fully saturated rings. The van der Waals surface area contributed by atoms with Crippen molar-refractivity contribution in [3.8, 4) is 11.4 Å². The Morgan fingerprint density at radius 3 is 2.56 bits per heavy atom. The third-order valence-corrected chi connectivity index (χ3v) is 6.37. The number of nitrogens with one attached hydrogen (secondary N) is 1. The minimum absolute atomic E-state index is 0.229. The fourth-order valence-electron chi connectivity index (χ4n) is 4.61. The van der Waals surface area contributed by atoms with E-state index in [1.54, 1.807) is 12.4 Å². The number of nitrogens with two attached hydrogens (primary N) is 1. The molecule has 0 aliphatic carbocycles. The number of nitrogen functional groups attached to an aromatic ring is 1. The highest BCUT2D eigenvalue weighted by atomic mass is 16.5. The Morgan fingerprint density at radius 2 is 1.85 bits per heavy atom. The summed E-state index contributed by atoms with van der Waals surface area (Å²) in [6, 6.07) is 0.708. The van der Waals surface area contributed by atoms with Crippen molar-refractivity contribution in [3.05, 3.63) is 12.4 Å². The van der Waals surface area contributed by atoms with Crippen molar-refractivity contribution < 1.29 is 4.74 Å². The maximum absolute atomic E-state index is 5.72. The predicted molar refractivity (Wildman–Crippen MR) is 133 cm³/mol. The molecule has 2 unspecified atom stereocenters. The average Bonchev–Trinajstić information content (AvgIpc) is 3.18. The van der Waals surface area contributed by atoms with Crippen LogP contribution in [-0.4, -0.2) is 81.0 Å². The van der Waals surface area contributed by atoms with E-state index >= 15 is 0 Å². The summed E-state index contributed by atoms with van der Waals surface area (Å²) in [5.41, 5.74) is 8.12. The molecular formula is C23H34N10O. The summed E-state index contributed by atoms with van der Waals surface area (Å²) in [6.45, 7) is 14.4. The predicted octanol–water partition coefficient (Wildman–Crippen LogP) is 1.54. The largest absolute Gasteiger partial charge is 0.378 e. The summed E-state index contributed by atoms with van der Waals surface area (Å²) in [5, 5.41) is 3.57. The minimum atomic E-state index is 0.229. The molecule has 3 aromatic rings. The lowest BCUT2D eigenvalue weighted by atomic mass is 10.1. The quantitative estimate of drug-likeness (QED) is 0.572. The molecule has 2 atom stereocenters. The monoisotopic (exact) mass is 466 g/mol. The fraction of sp³-hybridized carbons (Fsp3) is 0.609. The Hall–Kier alpha value is -3.05. The van der Waals surface area contributed by atoms with Crippen LogP contribution in [0.3, 0.4) is 0 Å². The first-order chi connectivity index (χ1) is 16.4. The number of anilines is 3. The zero-order valence-corrected chi connectivity index (χ0v) is 20.4. The van der Waals surface area contributed by atoms with Crippen molar-refractivity contribution in [1.29, 1.82) is 0 Å². The van der Waals surface area contributed by atoms with Gasteiger partial charge in [-0.2, -0.15) is 0 Å². The number of nitrogens with zero attached hydrogens (tertiary/aromatic N) is 8. The van der Waals surface area contributed by atoms with Gasteiger partial charge in [-0.3, -0.25) is 4.57 Å². The second-order valence-corrected chi connectivity index (χ2v) is 9.70. The van der Waals surface area contributed by atoms with Crippen molar-refractivity contribution in [3.63, 3.8) is 0 Å². The molecule has 5 heterocycles. The van der Waals surface area contributed by atoms with Crippen LogP contribution in [0, 0.1) is 5.92 Å². The molecule has 0 radical (unpaired) electrons. The van der Waals surface area contributed by atoms with Gasteiger partial charge in [0.05, 0.1) is 18.8 Å². The summed E-state index contributed by atoms with van der Waals surface area (Å²) < 4.78 is 7.87. The average molecular weight is 467 g/mol. The van der Waals surface area contributed by atoms with Crippen molar-refractivity contribution in [2.24, 2.45) is 5.92 Å². The zero-order chi connectivity index (χ0) is 23.8. The van der Waals surface area contributed by atoms with Crippen LogP contribution in [0.25, 0.3) is 22.6 Å². The minimum Gasteiger partial charge on any atom is -0.378 e. The molecule has 3 aromatic heterocycles. The second kappa shape index (κ2) is 9.30. The molecule has 182 valence electrons. The van der Waals surface area contributed by atoms with Crippen LogP contribution in [0.2, 0.25) is 0 Å². The highest BCUT2D eigenvalue weighted by Crippen LogP contribution is 2.33. The van der Waals surface area contributed by atoms with Crippen LogP contribution >= 0.6 is 0 Å². The normalized spacial score (nSPS) is 21.6. The summed E-state index contributed by atoms with van der Waals surface area (Å²) in [6.07, 6.45) is 3.35. The molecule has 0 amide bonds. The smallest absolute Gasteiger partial charge is 0.219 e. The third-order valence-electron chi connectivity index (χ3n) is 6.37. The van der Waals surface area contributed by atoms with Gasteiger partial charge in [0.25, 0.3) is 0 Å². The molecule has 0 saturated carbocycles. The van der Waals surface area contributed by atoms with Gasteiger partial charge in [-0.05, 0) is 19.8 Å². The van der Waals surface area contributed by atoms with Gasteiger partial charge in [-0.1, -0.05) is 13.8 Å². The van der Waals surface area contributed by atoms with Crippen molar-refractivity contribution in [1.82, 2.24) is 34.8 Å². The Morgan fingerprint density at radius 1 is 1.12 bits per heavy atom. The Bertz CT molecular complexity index is 1140. The van der Waals surface area contributed by atoms with Crippen LogP contribution in [0.15, 0.2) is 12.4 Å². The fourth-order valence-corrected chi connectivity index (χ4v) is 4.61. The maximum atomic E-state index is 5.72. The number of aromatic nitrogens is 6. The first-order valence-corrected chi connectivity index (χ1v) is 12.1. The molecule has 2 aliphatic heterocycles. The maximum Gasteiger partial charge on any atom is 0.219 e. The molecular weight excluding hydrogens is 432 g/mol. The summed E-state index contributed by atoms with van der Waals surface area (Å²) >= 11 is 0. The van der Waals surface area contributed by atoms with Gasteiger partial charge in [0.1, 0.15) is 0 Å². The molecule has 0 spiro atoms. The van der Waals surface area contributed by atoms with E-state index in [0.29, 0.717) is 37.0 Å². The summed E-state index contributed by atoms with van der Waals surface area (Å²) in [4.78, 5) is 28.2. The molecule has 34 heavy (non-hydrogen) atoms. The molecule has 0 bridgehead atoms. The van der Waals surface area contributed by atoms with Crippen LogP contribution in [0.4, 0.5) is 17.7 Å². The van der Waals surface area contributed by atoms with Gasteiger partial charge >= 0.3 is 0 Å². The van der Waals surface area contributed by atoms with E-state index < -0.39 is 0 Å². The lowest BCUT2D eigenvalue weighted by Crippen LogP contribution is -2.55. The van der Waals surface area contributed by atoms with Gasteiger partial charge in [0.2, 0.25) is 11.9 Å². The highest BCUT2D eigenvalue weighted by molar-refractivity contribution is 5.88. The van der Waals surface area contributed by atoms with Crippen LogP contribution in [-0.2, 0) is 11.3 Å². The van der Waals surface area contributed by atoms with E-state index in [4.69, 9.17) is 25.4 Å². The van der Waals surface area contributed by atoms with E-state index in [-0.39, 0.29) is 5.95 Å². The van der Waals surface area contributed by atoms with Gasteiger partial charge in [-0.25, -0.2) is 24.9 Å². The van der Waals surface area contributed by atoms with E-state index in [1.165, 1.54) is 0 Å². The molecule has 2 saturated heterocycles. The topological polar surface area (TPSA) is 123 Å². The van der Waals surface area contributed by atoms with Gasteiger partial charge in [-0.15, -0.1) is 0 Å². The molecule has 11 heteroatoms. The Kier molecular flexibility index (Phi) is 6.22. The second-order valence-electron chi connectivity index (χ2n) is 9.70. The van der Waals surface area contributed by atoms with E-state index in [0.717, 1.165) is 61.2 Å². The Balaban J connectivity index is 1.72. The molecule has 11 nitrogen and oxygen atoms in total. The number of morpholine rings is 1. The highest BCUT2D eigenvalue weighted by Gasteiger charge is 2.30. The van der Waals surface area contributed by atoms with E-state index in [2.05, 4.69) is 57.3 Å². The van der Waals surface area contributed by atoms with E-state index in [9.17, 15) is 0 Å². The first-order valence-electron chi connectivity index (χ1n) is 12.1. The lowest BCUT2D eigenvalue weighted by Gasteiger charge is -2.38. The molecule has 2 aliphatic rings. The molecule has 3 N–H and O–H groups in total. The summed E-state index contributed by atoms with van der Waals surface area (Å²) in [5.74, 6) is 3.02. The van der Waals surface area contributed by atoms with Crippen molar-refractivity contribution in [2.75, 3.05) is 54.9 Å². The van der Waals surface area contributed by atoms with Gasteiger partial charge in [0.15, 0.2) is 22.8 Å². The van der Waals surface area contributed by atoms with Gasteiger partial charge < -0.3 is 25.6 Å². The number of piperazine rings is 1. The lowest BCUT2D eigenvalue weighted by molar-refractivity contribution is 0.122. The zero-order valence-electron chi connectivity index (χ0n) is 20.4. The summed E-state index contributed by atoms with van der Waals surface area (Å²) in [7, 11) is 0. The van der Waals surface area contributed by atoms with Crippen LogP contribution < -0.4 is 20.9 Å². The first kappa shape index (κ1) is 22.7. The van der Waals surface area contributed by atoms with Crippen LogP contribution in [0.1, 0.15) is 27.7 Å². The van der Waals surface area contributed by atoms with Crippen LogP contribution in [0.5, 0.6) is 0 Å². The number of hydrogen-bond donors (Lipinski definition) is 2. The van der Waals surface area contributed by atoms with E-state index in [1.807, 2.05) is 0 Å². The third kappa shape index (κ3) is 4.37. The number of imidazole rings is 1. The standard InChI is InChI=1S/C23H34N10O/c1-14(2)12-33-21-18(28-23(33)32-13-15(3)25-9-16(32)4)20(31-5-7-34-8-6-31)29-19(30-21)17-10-26-22(24)27-11-17/h10-11,14-16,25H,5-9,12-13H2,1-4H3,(H2,24,26,27). The Labute approximate surface area is 199 Å². The number of rotatable bonds is 5. The van der Waals surface area contributed by atoms with Gasteiger partial charge in [0, 0.05) is 57.2 Å². The van der Waals surface area contributed by atoms with Crippen molar-refractivity contribution >= 4 is 28.9 Å². The number of fused-ring (bicyclic) bond motifs is 1. The van der Waals surface area contributed by atoms with Crippen molar-refractivity contribution in [2.45, 2.75) is 46.3 Å². The number of ether oxygens (including phenoxy) is 1. The SMILES string of the molecule is CC(C)Cn1c(N2CC(C)NCC2C)nc2c(N3CCOCC3)nc(-c3cnc(N)nc3)nc21. The molecule has 0 aromatic carbocycles. The molecule has 5 rings (SSSR count). The number of hydrogen-bond acceptors (Lipinski definition) is 10.